The maximum Gasteiger partial charge on any atom is 0.262 e. The normalized spacial score (nSPS) is 14.4. The number of hydrogen-bond donors (Lipinski definition) is 1. The van der Waals surface area contributed by atoms with Gasteiger partial charge in [0.1, 0.15) is 5.75 Å². The molecule has 2 aromatic rings. The van der Waals surface area contributed by atoms with E-state index in [1.54, 1.807) is 26.0 Å². The molecule has 0 aromatic heterocycles. The van der Waals surface area contributed by atoms with Gasteiger partial charge in [-0.15, -0.1) is 0 Å². The summed E-state index contributed by atoms with van der Waals surface area (Å²) in [5.41, 5.74) is 3.27. The first kappa shape index (κ1) is 25.0. The van der Waals surface area contributed by atoms with Crippen molar-refractivity contribution in [1.82, 2.24) is 4.31 Å². The van der Waals surface area contributed by atoms with E-state index in [1.807, 2.05) is 32.0 Å². The topological polar surface area (TPSA) is 88.2 Å². The van der Waals surface area contributed by atoms with Crippen molar-refractivity contribution in [3.63, 3.8) is 0 Å². The molecule has 0 radical (unpaired) electrons. The summed E-state index contributed by atoms with van der Waals surface area (Å²) >= 11 is 0. The Bertz CT molecular complexity index is 1080. The number of amides is 1. The van der Waals surface area contributed by atoms with Gasteiger partial charge in [0.2, 0.25) is 10.0 Å². The zero-order chi connectivity index (χ0) is 24.0. The Morgan fingerprint density at radius 2 is 1.79 bits per heavy atom. The maximum atomic E-state index is 13.1. The average Bonchev–Trinajstić information content (AvgIpc) is 2.79. The van der Waals surface area contributed by atoms with Crippen LogP contribution in [-0.4, -0.2) is 64.6 Å². The quantitative estimate of drug-likeness (QED) is 0.599. The number of nitrogens with zero attached hydrogens (tertiary/aromatic N) is 2. The fourth-order valence-corrected chi connectivity index (χ4v) is 5.34. The molecule has 1 aliphatic heterocycles. The molecule has 0 atom stereocenters. The molecule has 0 spiro atoms. The highest BCUT2D eigenvalue weighted by molar-refractivity contribution is 7.89. The summed E-state index contributed by atoms with van der Waals surface area (Å²) in [6, 6.07) is 10.6. The van der Waals surface area contributed by atoms with Crippen LogP contribution in [0, 0.1) is 13.8 Å². The number of sulfonamides is 1. The molecule has 8 nitrogen and oxygen atoms in total. The molecular formula is C24H33N3O5S. The van der Waals surface area contributed by atoms with Gasteiger partial charge in [-0.3, -0.25) is 4.79 Å². The lowest BCUT2D eigenvalue weighted by Gasteiger charge is -2.31. The number of carbonyl (C=O) groups is 1. The van der Waals surface area contributed by atoms with Gasteiger partial charge in [0.15, 0.2) is 6.61 Å². The van der Waals surface area contributed by atoms with E-state index in [0.717, 1.165) is 16.8 Å². The Morgan fingerprint density at radius 3 is 2.42 bits per heavy atom. The molecule has 0 unspecified atom stereocenters. The second-order valence-electron chi connectivity index (χ2n) is 7.97. The van der Waals surface area contributed by atoms with Gasteiger partial charge in [0, 0.05) is 26.2 Å². The van der Waals surface area contributed by atoms with Crippen LogP contribution in [0.3, 0.4) is 0 Å². The van der Waals surface area contributed by atoms with Crippen molar-refractivity contribution in [3.05, 3.63) is 47.5 Å². The van der Waals surface area contributed by atoms with Gasteiger partial charge in [0.05, 0.1) is 29.5 Å². The van der Waals surface area contributed by atoms with Crippen LogP contribution in [-0.2, 0) is 19.6 Å². The maximum absolute atomic E-state index is 13.1. The van der Waals surface area contributed by atoms with Crippen LogP contribution < -0.4 is 15.0 Å². The molecule has 1 fully saturated rings. The largest absolute Gasteiger partial charge is 0.483 e. The molecule has 1 saturated heterocycles. The van der Waals surface area contributed by atoms with Gasteiger partial charge >= 0.3 is 0 Å². The Kier molecular flexibility index (Phi) is 8.34. The van der Waals surface area contributed by atoms with E-state index in [4.69, 9.17) is 9.47 Å². The predicted molar refractivity (Wildman–Crippen MR) is 130 cm³/mol. The highest BCUT2D eigenvalue weighted by Crippen LogP contribution is 2.31. The molecule has 0 bridgehead atoms. The number of anilines is 2. The fourth-order valence-electron chi connectivity index (χ4n) is 3.86. The predicted octanol–water partition coefficient (Wildman–Crippen LogP) is 3.19. The van der Waals surface area contributed by atoms with Crippen LogP contribution in [0.15, 0.2) is 41.3 Å². The van der Waals surface area contributed by atoms with Crippen molar-refractivity contribution in [3.8, 4) is 5.75 Å². The zero-order valence-corrected chi connectivity index (χ0v) is 20.6. The van der Waals surface area contributed by atoms with Gasteiger partial charge in [0.25, 0.3) is 5.91 Å². The van der Waals surface area contributed by atoms with Crippen LogP contribution in [0.5, 0.6) is 5.75 Å². The molecule has 1 heterocycles. The molecule has 9 heteroatoms. The highest BCUT2D eigenvalue weighted by Gasteiger charge is 2.25. The van der Waals surface area contributed by atoms with Crippen molar-refractivity contribution in [2.75, 3.05) is 56.2 Å². The van der Waals surface area contributed by atoms with Crippen molar-refractivity contribution in [2.45, 2.75) is 32.6 Å². The molecule has 33 heavy (non-hydrogen) atoms. The SMILES string of the molecule is CCN(CC)S(=O)(=O)c1ccc(N2CCOCC2)c(NC(=O)COc2ccc(C)cc2C)c1. The molecule has 0 saturated carbocycles. The summed E-state index contributed by atoms with van der Waals surface area (Å²) in [4.78, 5) is 15.0. The first-order valence-corrected chi connectivity index (χ1v) is 12.7. The van der Waals surface area contributed by atoms with Crippen LogP contribution >= 0.6 is 0 Å². The first-order chi connectivity index (χ1) is 15.8. The smallest absolute Gasteiger partial charge is 0.262 e. The standard InChI is InChI=1S/C24H33N3O5S/c1-5-27(6-2)33(29,30)20-8-9-22(26-11-13-31-14-12-26)21(16-20)25-24(28)17-32-23-10-7-18(3)15-19(23)4/h7-10,15-16H,5-6,11-14,17H2,1-4H3,(H,25,28). The number of ether oxygens (including phenoxy) is 2. The molecule has 2 aromatic carbocycles. The molecule has 1 amide bonds. The third-order valence-corrected chi connectivity index (χ3v) is 7.67. The van der Waals surface area contributed by atoms with Gasteiger partial charge < -0.3 is 19.7 Å². The van der Waals surface area contributed by atoms with Crippen LogP contribution in [0.4, 0.5) is 11.4 Å². The van der Waals surface area contributed by atoms with E-state index in [2.05, 4.69) is 10.2 Å². The Hall–Kier alpha value is -2.62. The lowest BCUT2D eigenvalue weighted by molar-refractivity contribution is -0.118. The van der Waals surface area contributed by atoms with E-state index in [0.29, 0.717) is 50.8 Å². The lowest BCUT2D eigenvalue weighted by atomic mass is 10.1. The van der Waals surface area contributed by atoms with Crippen molar-refractivity contribution in [1.29, 1.82) is 0 Å². The summed E-state index contributed by atoms with van der Waals surface area (Å²) in [7, 11) is -3.66. The zero-order valence-electron chi connectivity index (χ0n) is 19.8. The van der Waals surface area contributed by atoms with E-state index < -0.39 is 10.0 Å². The number of nitrogens with one attached hydrogen (secondary N) is 1. The minimum absolute atomic E-state index is 0.147. The number of benzene rings is 2. The number of hydrogen-bond acceptors (Lipinski definition) is 6. The summed E-state index contributed by atoms with van der Waals surface area (Å²) in [5, 5.41) is 2.87. The second-order valence-corrected chi connectivity index (χ2v) is 9.91. The Labute approximate surface area is 196 Å². The lowest BCUT2D eigenvalue weighted by Crippen LogP contribution is -2.37. The number of morpholine rings is 1. The highest BCUT2D eigenvalue weighted by atomic mass is 32.2. The van der Waals surface area contributed by atoms with E-state index in [9.17, 15) is 13.2 Å². The summed E-state index contributed by atoms with van der Waals surface area (Å²) < 4.78 is 38.6. The molecule has 180 valence electrons. The third kappa shape index (κ3) is 6.04. The Morgan fingerprint density at radius 1 is 1.09 bits per heavy atom. The van der Waals surface area contributed by atoms with Gasteiger partial charge in [-0.25, -0.2) is 8.42 Å². The van der Waals surface area contributed by atoms with Crippen molar-refractivity contribution >= 4 is 27.3 Å². The third-order valence-electron chi connectivity index (χ3n) is 5.63. The van der Waals surface area contributed by atoms with Gasteiger partial charge in [-0.2, -0.15) is 4.31 Å². The number of aryl methyl sites for hydroxylation is 2. The molecule has 3 rings (SSSR count). The number of rotatable bonds is 9. The van der Waals surface area contributed by atoms with Crippen LogP contribution in [0.1, 0.15) is 25.0 Å². The number of carbonyl (C=O) groups excluding carboxylic acids is 1. The van der Waals surface area contributed by atoms with Gasteiger partial charge in [-0.1, -0.05) is 31.5 Å². The molecule has 1 N–H and O–H groups in total. The minimum atomic E-state index is -3.66. The second kappa shape index (κ2) is 11.0. The summed E-state index contributed by atoms with van der Waals surface area (Å²) in [6.07, 6.45) is 0. The first-order valence-electron chi connectivity index (χ1n) is 11.2. The molecular weight excluding hydrogens is 442 g/mol. The van der Waals surface area contributed by atoms with Gasteiger partial charge in [-0.05, 0) is 43.7 Å². The van der Waals surface area contributed by atoms with E-state index in [-0.39, 0.29) is 17.4 Å². The van der Waals surface area contributed by atoms with E-state index in [1.165, 1.54) is 10.4 Å². The van der Waals surface area contributed by atoms with Crippen LogP contribution in [0.2, 0.25) is 0 Å². The Balaban J connectivity index is 1.85. The molecule has 1 aliphatic rings. The fraction of sp³-hybridized carbons (Fsp3) is 0.458. The monoisotopic (exact) mass is 475 g/mol. The summed E-state index contributed by atoms with van der Waals surface area (Å²) in [6.45, 7) is 10.5. The van der Waals surface area contributed by atoms with Crippen molar-refractivity contribution < 1.29 is 22.7 Å². The molecule has 0 aliphatic carbocycles. The summed E-state index contributed by atoms with van der Waals surface area (Å²) in [5.74, 6) is 0.281. The minimum Gasteiger partial charge on any atom is -0.483 e. The van der Waals surface area contributed by atoms with E-state index >= 15 is 0 Å². The average molecular weight is 476 g/mol. The van der Waals surface area contributed by atoms with Crippen LogP contribution in [0.25, 0.3) is 0 Å². The van der Waals surface area contributed by atoms with Crippen molar-refractivity contribution in [2.24, 2.45) is 0 Å².